The lowest BCUT2D eigenvalue weighted by Crippen LogP contribution is -2.64. The Kier molecular flexibility index (Phi) is 5.24. The van der Waals surface area contributed by atoms with Crippen LogP contribution in [-0.2, 0) is 14.3 Å². The van der Waals surface area contributed by atoms with Gasteiger partial charge in [-0.15, -0.1) is 0 Å². The van der Waals surface area contributed by atoms with Crippen LogP contribution in [0.1, 0.15) is 69.2 Å². The zero-order valence-corrected chi connectivity index (χ0v) is 19.5. The monoisotopic (exact) mass is 454 g/mol. The molecule has 0 aliphatic heterocycles. The highest BCUT2D eigenvalue weighted by molar-refractivity contribution is 5.89. The predicted molar refractivity (Wildman–Crippen MR) is 120 cm³/mol. The molecular weight excluding hydrogens is 420 g/mol. The highest BCUT2D eigenvalue weighted by atomic mass is 16.5. The third-order valence-electron chi connectivity index (χ3n) is 10.0. The van der Waals surface area contributed by atoms with Crippen molar-refractivity contribution in [3.8, 4) is 0 Å². The molecule has 2 bridgehead atoms. The second kappa shape index (κ2) is 7.66. The second-order valence-electron chi connectivity index (χ2n) is 11.5. The Hall–Kier alpha value is -2.21. The maximum Gasteiger partial charge on any atom is 0.338 e. The summed E-state index contributed by atoms with van der Waals surface area (Å²) in [6.45, 7) is 3.79. The zero-order valence-electron chi connectivity index (χ0n) is 19.5. The molecular formula is C27H34O6. The van der Waals surface area contributed by atoms with Crippen molar-refractivity contribution >= 4 is 17.7 Å². The predicted octanol–water partition coefficient (Wildman–Crippen LogP) is 4.11. The number of rotatable bonds is 4. The van der Waals surface area contributed by atoms with Crippen LogP contribution in [0, 0.1) is 39.9 Å². The van der Waals surface area contributed by atoms with Gasteiger partial charge >= 0.3 is 11.9 Å². The first-order valence-corrected chi connectivity index (χ1v) is 12.3. The molecule has 2 N–H and O–H groups in total. The number of Topliss-reactive ketones (excluding diaryl/α,β-unsaturated/α-hetero) is 1. The van der Waals surface area contributed by atoms with E-state index >= 15 is 0 Å². The number of aliphatic carboxylic acids is 1. The normalized spacial score (nSPS) is 44.0. The molecule has 6 nitrogen and oxygen atoms in total. The number of fused-ring (bicyclic) bond motifs is 2. The molecule has 0 unspecified atom stereocenters. The first-order valence-electron chi connectivity index (χ1n) is 12.3. The van der Waals surface area contributed by atoms with Crippen LogP contribution in [-0.4, -0.2) is 40.6 Å². The van der Waals surface area contributed by atoms with Gasteiger partial charge in [-0.25, -0.2) is 4.79 Å². The number of esters is 1. The molecule has 0 radical (unpaired) electrons. The summed E-state index contributed by atoms with van der Waals surface area (Å²) in [7, 11) is 0. The van der Waals surface area contributed by atoms with Gasteiger partial charge in [0.1, 0.15) is 11.9 Å². The van der Waals surface area contributed by atoms with E-state index in [0.29, 0.717) is 37.0 Å². The molecule has 0 aromatic heterocycles. The number of ether oxygens (including phenoxy) is 1. The minimum atomic E-state index is -1.33. The summed E-state index contributed by atoms with van der Waals surface area (Å²) in [5.41, 5.74) is -1.37. The molecule has 0 saturated heterocycles. The topological polar surface area (TPSA) is 101 Å². The van der Waals surface area contributed by atoms with Gasteiger partial charge in [0, 0.05) is 17.8 Å². The minimum Gasteiger partial charge on any atom is -0.481 e. The Morgan fingerprint density at radius 3 is 2.52 bits per heavy atom. The Morgan fingerprint density at radius 1 is 1.12 bits per heavy atom. The maximum atomic E-state index is 13.1. The van der Waals surface area contributed by atoms with Crippen molar-refractivity contribution in [3.05, 3.63) is 35.9 Å². The SMILES string of the molecule is C[C@@H]1CC[C@@](CO)(C(=O)O)[C@H]2[C@H]1[C@@]13CC[C@](C)(C1)C(=O)C[C@@H]3C[C@@H]2OC(=O)c1ccccc1. The molecule has 4 fully saturated rings. The number of hydrogen-bond acceptors (Lipinski definition) is 5. The Morgan fingerprint density at radius 2 is 1.85 bits per heavy atom. The second-order valence-corrected chi connectivity index (χ2v) is 11.5. The van der Waals surface area contributed by atoms with Crippen LogP contribution in [0.15, 0.2) is 30.3 Å². The van der Waals surface area contributed by atoms with Crippen LogP contribution in [0.4, 0.5) is 0 Å². The average molecular weight is 455 g/mol. The van der Waals surface area contributed by atoms with Gasteiger partial charge in [0.2, 0.25) is 0 Å². The molecule has 5 rings (SSSR count). The summed E-state index contributed by atoms with van der Waals surface area (Å²) in [6, 6.07) is 8.75. The lowest BCUT2D eigenvalue weighted by Gasteiger charge is -2.63. The number of ketones is 1. The summed E-state index contributed by atoms with van der Waals surface area (Å²) in [5.74, 6) is -1.33. The van der Waals surface area contributed by atoms with Gasteiger partial charge in [-0.05, 0) is 73.8 Å². The summed E-state index contributed by atoms with van der Waals surface area (Å²) >= 11 is 0. The number of benzene rings is 1. The average Bonchev–Trinajstić information content (AvgIpc) is 3.12. The number of aliphatic hydroxyl groups excluding tert-OH is 1. The number of carboxylic acid groups (broad SMARTS) is 1. The molecule has 8 atom stereocenters. The number of hydrogen-bond donors (Lipinski definition) is 2. The van der Waals surface area contributed by atoms with Crippen LogP contribution >= 0.6 is 0 Å². The summed E-state index contributed by atoms with van der Waals surface area (Å²) in [4.78, 5) is 38.8. The third kappa shape index (κ3) is 3.13. The molecule has 1 aromatic carbocycles. The van der Waals surface area contributed by atoms with Crippen molar-refractivity contribution in [3.63, 3.8) is 0 Å². The number of aliphatic hydroxyl groups is 1. The van der Waals surface area contributed by atoms with E-state index in [2.05, 4.69) is 13.8 Å². The molecule has 0 amide bonds. The van der Waals surface area contributed by atoms with E-state index in [-0.39, 0.29) is 28.6 Å². The van der Waals surface area contributed by atoms with Crippen molar-refractivity contribution in [2.24, 2.45) is 39.9 Å². The molecule has 178 valence electrons. The van der Waals surface area contributed by atoms with E-state index in [4.69, 9.17) is 4.74 Å². The molecule has 4 saturated carbocycles. The highest BCUT2D eigenvalue weighted by Gasteiger charge is 2.70. The van der Waals surface area contributed by atoms with E-state index in [0.717, 1.165) is 19.3 Å². The fourth-order valence-corrected chi connectivity index (χ4v) is 8.42. The van der Waals surface area contributed by atoms with E-state index < -0.39 is 36.0 Å². The van der Waals surface area contributed by atoms with Gasteiger partial charge in [-0.2, -0.15) is 0 Å². The van der Waals surface area contributed by atoms with Crippen molar-refractivity contribution < 1.29 is 29.3 Å². The van der Waals surface area contributed by atoms with Gasteiger partial charge in [0.25, 0.3) is 0 Å². The fourth-order valence-electron chi connectivity index (χ4n) is 8.42. The fraction of sp³-hybridized carbons (Fsp3) is 0.667. The first-order chi connectivity index (χ1) is 15.7. The van der Waals surface area contributed by atoms with Gasteiger partial charge in [0.05, 0.1) is 17.6 Å². The van der Waals surface area contributed by atoms with Gasteiger partial charge in [0.15, 0.2) is 0 Å². The van der Waals surface area contributed by atoms with Crippen LogP contribution in [0.2, 0.25) is 0 Å². The minimum absolute atomic E-state index is 0.00301. The molecule has 6 heteroatoms. The van der Waals surface area contributed by atoms with E-state index in [9.17, 15) is 24.6 Å². The Balaban J connectivity index is 1.60. The van der Waals surface area contributed by atoms with Crippen molar-refractivity contribution in [2.45, 2.75) is 64.9 Å². The van der Waals surface area contributed by atoms with Gasteiger partial charge < -0.3 is 14.9 Å². The number of carbonyl (C=O) groups excluding carboxylic acids is 2. The molecule has 4 aliphatic carbocycles. The summed E-state index contributed by atoms with van der Waals surface area (Å²) < 4.78 is 6.09. The molecule has 4 aliphatic rings. The van der Waals surface area contributed by atoms with Crippen molar-refractivity contribution in [2.75, 3.05) is 6.61 Å². The number of carbonyl (C=O) groups is 3. The smallest absolute Gasteiger partial charge is 0.338 e. The molecule has 1 spiro atoms. The van der Waals surface area contributed by atoms with Crippen molar-refractivity contribution in [1.82, 2.24) is 0 Å². The standard InChI is InChI=1S/C27H34O6/c1-16-8-9-27(15-28,24(31)32)22-19(33-23(30)17-6-4-3-5-7-17)12-18-13-20(29)25(2)10-11-26(18,14-25)21(16)22/h3-7,16,18-19,21-22,28H,8-15H2,1-2H3,(H,31,32)/t16-,18+,19+,21+,22-,25-,26+,27+/m1/s1. The van der Waals surface area contributed by atoms with Crippen molar-refractivity contribution in [1.29, 1.82) is 0 Å². The lowest BCUT2D eigenvalue weighted by molar-refractivity contribution is -0.209. The molecule has 33 heavy (non-hydrogen) atoms. The van der Waals surface area contributed by atoms with E-state index in [1.165, 1.54) is 0 Å². The Labute approximate surface area is 194 Å². The first kappa shape index (κ1) is 22.6. The van der Waals surface area contributed by atoms with E-state index in [1.807, 2.05) is 6.07 Å². The highest BCUT2D eigenvalue weighted by Crippen LogP contribution is 2.71. The Bertz CT molecular complexity index is 974. The largest absolute Gasteiger partial charge is 0.481 e. The van der Waals surface area contributed by atoms with E-state index in [1.54, 1.807) is 24.3 Å². The maximum absolute atomic E-state index is 13.1. The lowest BCUT2D eigenvalue weighted by atomic mass is 9.41. The quantitative estimate of drug-likeness (QED) is 0.664. The van der Waals surface area contributed by atoms with Crippen LogP contribution in [0.3, 0.4) is 0 Å². The number of carboxylic acids is 1. The van der Waals surface area contributed by atoms with Gasteiger partial charge in [-0.1, -0.05) is 32.0 Å². The van der Waals surface area contributed by atoms with Crippen LogP contribution in [0.5, 0.6) is 0 Å². The zero-order chi connectivity index (χ0) is 23.6. The molecule has 0 heterocycles. The van der Waals surface area contributed by atoms with Crippen LogP contribution < -0.4 is 0 Å². The van der Waals surface area contributed by atoms with Gasteiger partial charge in [-0.3, -0.25) is 9.59 Å². The van der Waals surface area contributed by atoms with Crippen LogP contribution in [0.25, 0.3) is 0 Å². The summed E-state index contributed by atoms with van der Waals surface area (Å²) in [6.07, 6.45) is 3.95. The summed E-state index contributed by atoms with van der Waals surface area (Å²) in [5, 5.41) is 20.9. The molecule has 1 aromatic rings. The third-order valence-corrected chi connectivity index (χ3v) is 10.0.